The first-order valence-electron chi connectivity index (χ1n) is 8.05. The number of nitrogens with one attached hydrogen (secondary N) is 2. The van der Waals surface area contributed by atoms with E-state index in [1.807, 2.05) is 5.32 Å². The maximum absolute atomic E-state index is 14.3. The van der Waals surface area contributed by atoms with E-state index in [1.165, 1.54) is 0 Å². The quantitative estimate of drug-likeness (QED) is 0.472. The number of aromatic nitrogens is 3. The summed E-state index contributed by atoms with van der Waals surface area (Å²) >= 11 is 5.90. The van der Waals surface area contributed by atoms with Crippen molar-refractivity contribution in [3.05, 3.63) is 52.6 Å². The van der Waals surface area contributed by atoms with Gasteiger partial charge < -0.3 is 5.32 Å². The van der Waals surface area contributed by atoms with Crippen LogP contribution < -0.4 is 10.6 Å². The van der Waals surface area contributed by atoms with Crippen LogP contribution in [0.25, 0.3) is 11.0 Å². The molecule has 30 heavy (non-hydrogen) atoms. The summed E-state index contributed by atoms with van der Waals surface area (Å²) in [5.41, 5.74) is -4.99. The van der Waals surface area contributed by atoms with Crippen molar-refractivity contribution in [2.24, 2.45) is 0 Å². The topological polar surface area (TPSA) is 113 Å². The molecule has 2 aromatic heterocycles. The molecule has 2 amide bonds. The fourth-order valence-corrected chi connectivity index (χ4v) is 3.34. The summed E-state index contributed by atoms with van der Waals surface area (Å²) in [4.78, 5) is 32.0. The minimum Gasteiger partial charge on any atom is -0.312 e. The maximum atomic E-state index is 14.3. The predicted molar refractivity (Wildman–Crippen MR) is 93.8 cm³/mol. The third kappa shape index (κ3) is 2.59. The van der Waals surface area contributed by atoms with Gasteiger partial charge in [-0.1, -0.05) is 17.7 Å². The first-order valence-corrected chi connectivity index (χ1v) is 8.42. The van der Waals surface area contributed by atoms with Crippen LogP contribution in [0.15, 0.2) is 30.3 Å². The molecule has 0 aliphatic carbocycles. The first kappa shape index (κ1) is 19.6. The molecule has 1 atom stereocenters. The van der Waals surface area contributed by atoms with Crippen LogP contribution in [0.4, 0.5) is 23.5 Å². The Morgan fingerprint density at radius 1 is 1.27 bits per heavy atom. The van der Waals surface area contributed by atoms with Crippen molar-refractivity contribution < 1.29 is 27.2 Å². The molecule has 2 N–H and O–H groups in total. The molecule has 0 radical (unpaired) electrons. The van der Waals surface area contributed by atoms with E-state index in [0.29, 0.717) is 4.57 Å². The van der Waals surface area contributed by atoms with Gasteiger partial charge in [0.05, 0.1) is 16.1 Å². The highest BCUT2D eigenvalue weighted by Gasteiger charge is 2.68. The van der Waals surface area contributed by atoms with E-state index in [2.05, 4.69) is 9.97 Å². The van der Waals surface area contributed by atoms with E-state index in [4.69, 9.17) is 11.6 Å². The van der Waals surface area contributed by atoms with Gasteiger partial charge in [-0.2, -0.15) is 22.8 Å². The van der Waals surface area contributed by atoms with Crippen LogP contribution in [0.3, 0.4) is 0 Å². The lowest BCUT2D eigenvalue weighted by atomic mass is 10.1. The highest BCUT2D eigenvalue weighted by atomic mass is 35.5. The van der Waals surface area contributed by atoms with Crippen molar-refractivity contribution in [2.45, 2.75) is 11.8 Å². The number of fused-ring (bicyclic) bond motifs is 3. The van der Waals surface area contributed by atoms with Crippen LogP contribution >= 0.6 is 11.6 Å². The molecule has 152 valence electrons. The predicted octanol–water partition coefficient (Wildman–Crippen LogP) is 2.69. The third-order valence-corrected chi connectivity index (χ3v) is 4.74. The second-order valence-electron chi connectivity index (χ2n) is 6.13. The molecule has 0 bridgehead atoms. The number of amides is 2. The van der Waals surface area contributed by atoms with Crippen molar-refractivity contribution >= 4 is 40.4 Å². The average molecular weight is 439 g/mol. The number of nitrogens with zero attached hydrogens (tertiary/aromatic N) is 4. The number of carbonyl (C=O) groups excluding carboxylic acids is 2. The summed E-state index contributed by atoms with van der Waals surface area (Å²) in [5, 5.41) is 12.8. The number of carbonyl (C=O) groups is 2. The lowest BCUT2D eigenvalue weighted by Crippen LogP contribution is -2.63. The number of hydrogen-bond acceptors (Lipinski definition) is 5. The molecular weight excluding hydrogens is 432 g/mol. The van der Waals surface area contributed by atoms with Gasteiger partial charge in [-0.25, -0.2) is 9.97 Å². The fraction of sp³-hybridized carbons (Fsp3) is 0.118. The van der Waals surface area contributed by atoms with Gasteiger partial charge in [-0.3, -0.25) is 19.5 Å². The van der Waals surface area contributed by atoms with E-state index < -0.39 is 41.2 Å². The number of nitriles is 1. The molecule has 13 heteroatoms. The van der Waals surface area contributed by atoms with E-state index in [-0.39, 0.29) is 21.6 Å². The number of alkyl halides is 3. The molecule has 1 aliphatic rings. The molecule has 0 saturated carbocycles. The Bertz CT molecular complexity index is 1280. The Morgan fingerprint density at radius 3 is 2.63 bits per heavy atom. The molecule has 0 fully saturated rings. The highest BCUT2D eigenvalue weighted by Crippen LogP contribution is 2.44. The molecule has 3 heterocycles. The molecule has 0 saturated heterocycles. The van der Waals surface area contributed by atoms with E-state index >= 15 is 0 Å². The Kier molecular flexibility index (Phi) is 4.17. The second-order valence-corrected chi connectivity index (χ2v) is 6.54. The van der Waals surface area contributed by atoms with Crippen LogP contribution in [0.2, 0.25) is 5.02 Å². The van der Waals surface area contributed by atoms with Gasteiger partial charge in [-0.15, -0.1) is 0 Å². The fourth-order valence-electron chi connectivity index (χ4n) is 3.14. The Morgan fingerprint density at radius 2 is 2.00 bits per heavy atom. The summed E-state index contributed by atoms with van der Waals surface area (Å²) in [7, 11) is 0. The summed E-state index contributed by atoms with van der Waals surface area (Å²) < 4.78 is 56.5. The lowest BCUT2D eigenvalue weighted by molar-refractivity contribution is -0.213. The van der Waals surface area contributed by atoms with Gasteiger partial charge in [0.1, 0.15) is 17.3 Å². The normalized spacial score (nSPS) is 18.1. The van der Waals surface area contributed by atoms with Crippen molar-refractivity contribution in [2.75, 3.05) is 5.32 Å². The van der Waals surface area contributed by atoms with Crippen LogP contribution in [0, 0.1) is 17.3 Å². The zero-order chi connectivity index (χ0) is 21.8. The van der Waals surface area contributed by atoms with E-state index in [0.717, 1.165) is 30.3 Å². The first-order chi connectivity index (χ1) is 14.1. The van der Waals surface area contributed by atoms with Gasteiger partial charge in [-0.05, 0) is 24.3 Å². The van der Waals surface area contributed by atoms with Gasteiger partial charge in [0, 0.05) is 0 Å². The number of imidazole rings is 1. The van der Waals surface area contributed by atoms with Crippen LogP contribution in [0.1, 0.15) is 16.1 Å². The largest absolute Gasteiger partial charge is 0.440 e. The summed E-state index contributed by atoms with van der Waals surface area (Å²) in [6.07, 6.45) is -5.36. The number of hydrogen-bond donors (Lipinski definition) is 2. The maximum Gasteiger partial charge on any atom is 0.440 e. The van der Waals surface area contributed by atoms with Crippen molar-refractivity contribution in [3.63, 3.8) is 0 Å². The Hall–Kier alpha value is -3.72. The van der Waals surface area contributed by atoms with E-state index in [1.54, 1.807) is 11.4 Å². The minimum atomic E-state index is -5.36. The second kappa shape index (κ2) is 6.39. The zero-order valence-corrected chi connectivity index (χ0v) is 15.1. The van der Waals surface area contributed by atoms with E-state index in [9.17, 15) is 32.4 Å². The van der Waals surface area contributed by atoms with Gasteiger partial charge in [0.25, 0.3) is 17.5 Å². The Labute approximate surface area is 169 Å². The molecule has 0 spiro atoms. The molecule has 3 aromatic rings. The van der Waals surface area contributed by atoms with Crippen LogP contribution in [-0.2, 0) is 10.5 Å². The van der Waals surface area contributed by atoms with Crippen LogP contribution in [-0.4, -0.2) is 32.5 Å². The number of halogens is 5. The molecule has 1 unspecified atom stereocenters. The van der Waals surface area contributed by atoms with Gasteiger partial charge in [0.15, 0.2) is 0 Å². The SMILES string of the molecule is N#Cc1c(Cl)ccc2c1nc1n2C(NC(=O)c2cccc(F)n2)(C(F)(F)F)C(=O)N1. The van der Waals surface area contributed by atoms with Gasteiger partial charge in [0.2, 0.25) is 11.9 Å². The number of anilines is 1. The zero-order valence-electron chi connectivity index (χ0n) is 14.4. The summed E-state index contributed by atoms with van der Waals surface area (Å²) in [5.74, 6) is -4.75. The number of rotatable bonds is 2. The van der Waals surface area contributed by atoms with Crippen molar-refractivity contribution in [1.82, 2.24) is 19.9 Å². The summed E-state index contributed by atoms with van der Waals surface area (Å²) in [6, 6.07) is 6.98. The number of pyridine rings is 1. The Balaban J connectivity index is 1.96. The molecule has 1 aromatic carbocycles. The molecule has 8 nitrogen and oxygen atoms in total. The van der Waals surface area contributed by atoms with Crippen molar-refractivity contribution in [1.29, 1.82) is 5.26 Å². The van der Waals surface area contributed by atoms with Gasteiger partial charge >= 0.3 is 6.18 Å². The summed E-state index contributed by atoms with van der Waals surface area (Å²) in [6.45, 7) is 0. The van der Waals surface area contributed by atoms with Crippen molar-refractivity contribution in [3.8, 4) is 6.07 Å². The third-order valence-electron chi connectivity index (χ3n) is 4.43. The molecule has 1 aliphatic heterocycles. The number of benzene rings is 1. The standard InChI is InChI=1S/C17H7ClF4N6O2/c18-8-4-5-10-12(7(8)6-23)25-15-26-14(30)16(28(10)15,17(20,21)22)27-13(29)9-2-1-3-11(19)24-9/h1-5H,(H,27,29)(H,25,26,30). The monoisotopic (exact) mass is 438 g/mol. The highest BCUT2D eigenvalue weighted by molar-refractivity contribution is 6.32. The average Bonchev–Trinajstić information content (AvgIpc) is 3.15. The smallest absolute Gasteiger partial charge is 0.312 e. The molecular formula is C17H7ClF4N6O2. The minimum absolute atomic E-state index is 0.0568. The molecule has 4 rings (SSSR count). The van der Waals surface area contributed by atoms with Crippen LogP contribution in [0.5, 0.6) is 0 Å². The lowest BCUT2D eigenvalue weighted by Gasteiger charge is -2.31.